The van der Waals surface area contributed by atoms with E-state index in [4.69, 9.17) is 17.3 Å². The van der Waals surface area contributed by atoms with Crippen LogP contribution in [0.3, 0.4) is 0 Å². The van der Waals surface area contributed by atoms with Crippen LogP contribution in [0.1, 0.15) is 11.1 Å². The number of rotatable bonds is 2. The maximum Gasteiger partial charge on any atom is 0.0641 e. The summed E-state index contributed by atoms with van der Waals surface area (Å²) < 4.78 is 0. The molecule has 0 aromatic heterocycles. The van der Waals surface area contributed by atoms with E-state index in [0.29, 0.717) is 10.7 Å². The van der Waals surface area contributed by atoms with E-state index in [0.717, 1.165) is 16.7 Å². The van der Waals surface area contributed by atoms with Crippen LogP contribution in [0.4, 0.5) is 5.69 Å². The molecule has 0 radical (unpaired) electrons. The molecule has 0 aliphatic rings. The van der Waals surface area contributed by atoms with Gasteiger partial charge in [0.1, 0.15) is 0 Å². The second-order valence-corrected chi connectivity index (χ2v) is 3.95. The molecule has 2 heteroatoms. The van der Waals surface area contributed by atoms with Crippen LogP contribution >= 0.6 is 11.6 Å². The Morgan fingerprint density at radius 1 is 1.00 bits per heavy atom. The first-order valence-electron chi connectivity index (χ1n) is 4.99. The fourth-order valence-electron chi connectivity index (χ4n) is 1.60. The van der Waals surface area contributed by atoms with Crippen molar-refractivity contribution in [1.29, 1.82) is 0 Å². The molecule has 80 valence electrons. The Morgan fingerprint density at radius 3 is 2.38 bits per heavy atom. The lowest BCUT2D eigenvalue weighted by molar-refractivity contribution is 1.55. The van der Waals surface area contributed by atoms with Crippen LogP contribution in [0.2, 0.25) is 5.02 Å². The predicted molar refractivity (Wildman–Crippen MR) is 70.4 cm³/mol. The van der Waals surface area contributed by atoms with Crippen LogP contribution in [-0.4, -0.2) is 0 Å². The number of para-hydroxylation sites is 1. The van der Waals surface area contributed by atoms with Crippen LogP contribution in [0, 0.1) is 0 Å². The van der Waals surface area contributed by atoms with Crippen molar-refractivity contribution in [2.24, 2.45) is 0 Å². The summed E-state index contributed by atoms with van der Waals surface area (Å²) in [7, 11) is 0. The molecule has 0 bridgehead atoms. The van der Waals surface area contributed by atoms with Crippen LogP contribution in [0.25, 0.3) is 5.57 Å². The molecule has 0 unspecified atom stereocenters. The summed E-state index contributed by atoms with van der Waals surface area (Å²) in [6, 6.07) is 15.5. The number of anilines is 1. The highest BCUT2D eigenvalue weighted by atomic mass is 35.5. The molecule has 0 fully saturated rings. The highest BCUT2D eigenvalue weighted by Gasteiger charge is 2.07. The van der Waals surface area contributed by atoms with E-state index in [1.165, 1.54) is 0 Å². The van der Waals surface area contributed by atoms with E-state index in [-0.39, 0.29) is 0 Å². The minimum absolute atomic E-state index is 0.564. The van der Waals surface area contributed by atoms with Crippen molar-refractivity contribution in [3.8, 4) is 0 Å². The minimum atomic E-state index is 0.564. The molecular weight excluding hydrogens is 218 g/mol. The maximum absolute atomic E-state index is 5.98. The van der Waals surface area contributed by atoms with Gasteiger partial charge < -0.3 is 5.73 Å². The van der Waals surface area contributed by atoms with Crippen LogP contribution in [0.5, 0.6) is 0 Å². The van der Waals surface area contributed by atoms with Gasteiger partial charge in [0.25, 0.3) is 0 Å². The first-order chi connectivity index (χ1) is 7.70. The first kappa shape index (κ1) is 10.8. The zero-order valence-corrected chi connectivity index (χ0v) is 9.54. The van der Waals surface area contributed by atoms with Crippen LogP contribution < -0.4 is 5.73 Å². The van der Waals surface area contributed by atoms with Gasteiger partial charge in [0.2, 0.25) is 0 Å². The fourth-order valence-corrected chi connectivity index (χ4v) is 1.77. The van der Waals surface area contributed by atoms with Crippen molar-refractivity contribution >= 4 is 22.9 Å². The summed E-state index contributed by atoms with van der Waals surface area (Å²) in [5, 5.41) is 0.564. The molecule has 2 aromatic carbocycles. The van der Waals surface area contributed by atoms with Gasteiger partial charge in [-0.1, -0.05) is 60.6 Å². The average Bonchev–Trinajstić information content (AvgIpc) is 2.33. The fraction of sp³-hybridized carbons (Fsp3) is 0. The predicted octanol–water partition coefficient (Wildman–Crippen LogP) is 3.98. The molecule has 0 heterocycles. The summed E-state index contributed by atoms with van der Waals surface area (Å²) in [4.78, 5) is 0. The van der Waals surface area contributed by atoms with Crippen molar-refractivity contribution in [2.45, 2.75) is 0 Å². The van der Waals surface area contributed by atoms with Crippen molar-refractivity contribution < 1.29 is 0 Å². The number of halogens is 1. The number of nitrogens with two attached hydrogens (primary N) is 1. The molecule has 0 atom stereocenters. The Labute approximate surface area is 100 Å². The Hall–Kier alpha value is -1.73. The smallest absolute Gasteiger partial charge is 0.0641 e. The second-order valence-electron chi connectivity index (χ2n) is 3.55. The van der Waals surface area contributed by atoms with Gasteiger partial charge >= 0.3 is 0 Å². The Morgan fingerprint density at radius 2 is 1.69 bits per heavy atom. The molecule has 2 aromatic rings. The highest BCUT2D eigenvalue weighted by Crippen LogP contribution is 2.30. The summed E-state index contributed by atoms with van der Waals surface area (Å²) in [5.41, 5.74) is 9.34. The van der Waals surface area contributed by atoms with Gasteiger partial charge in [-0.25, -0.2) is 0 Å². The van der Waals surface area contributed by atoms with Gasteiger partial charge in [-0.3, -0.25) is 0 Å². The van der Waals surface area contributed by atoms with Crippen LogP contribution in [-0.2, 0) is 0 Å². The topological polar surface area (TPSA) is 26.0 Å². The van der Waals surface area contributed by atoms with Crippen molar-refractivity contribution in [1.82, 2.24) is 0 Å². The molecular formula is C14H12ClN. The van der Waals surface area contributed by atoms with Crippen molar-refractivity contribution in [2.75, 3.05) is 5.73 Å². The molecule has 0 spiro atoms. The monoisotopic (exact) mass is 229 g/mol. The second kappa shape index (κ2) is 4.42. The molecule has 1 nitrogen and oxygen atoms in total. The standard InChI is InChI=1S/C14H12ClN/c1-10(11-6-3-2-4-7-11)12-8-5-9-13(15)14(12)16/h2-9H,1,16H2. The summed E-state index contributed by atoms with van der Waals surface area (Å²) in [6.07, 6.45) is 0. The lowest BCUT2D eigenvalue weighted by Gasteiger charge is -2.10. The van der Waals surface area contributed by atoms with Crippen molar-refractivity contribution in [3.63, 3.8) is 0 Å². The normalized spacial score (nSPS) is 10.1. The molecule has 0 saturated carbocycles. The molecule has 2 rings (SSSR count). The molecule has 0 aliphatic carbocycles. The van der Waals surface area contributed by atoms with Gasteiger partial charge in [0, 0.05) is 5.56 Å². The summed E-state index contributed by atoms with van der Waals surface area (Å²) >= 11 is 5.98. The average molecular weight is 230 g/mol. The number of hydrogen-bond donors (Lipinski definition) is 1. The third-order valence-corrected chi connectivity index (χ3v) is 2.83. The minimum Gasteiger partial charge on any atom is -0.397 e. The van der Waals surface area contributed by atoms with Crippen molar-refractivity contribution in [3.05, 3.63) is 71.3 Å². The molecule has 2 N–H and O–H groups in total. The number of nitrogen functional groups attached to an aromatic ring is 1. The zero-order chi connectivity index (χ0) is 11.5. The van der Waals surface area contributed by atoms with Gasteiger partial charge in [-0.15, -0.1) is 0 Å². The van der Waals surface area contributed by atoms with E-state index >= 15 is 0 Å². The van der Waals surface area contributed by atoms with Gasteiger partial charge in [-0.05, 0) is 17.2 Å². The molecule has 0 aliphatic heterocycles. The van der Waals surface area contributed by atoms with Gasteiger partial charge in [-0.2, -0.15) is 0 Å². The SMILES string of the molecule is C=C(c1ccccc1)c1cccc(Cl)c1N. The third-order valence-electron chi connectivity index (χ3n) is 2.50. The van der Waals surface area contributed by atoms with Gasteiger partial charge in [0.15, 0.2) is 0 Å². The van der Waals surface area contributed by atoms with E-state index in [1.54, 1.807) is 6.07 Å². The van der Waals surface area contributed by atoms with E-state index in [2.05, 4.69) is 6.58 Å². The number of benzene rings is 2. The highest BCUT2D eigenvalue weighted by molar-refractivity contribution is 6.33. The van der Waals surface area contributed by atoms with Gasteiger partial charge in [0.05, 0.1) is 10.7 Å². The molecule has 0 saturated heterocycles. The number of hydrogen-bond acceptors (Lipinski definition) is 1. The van der Waals surface area contributed by atoms with Crippen LogP contribution in [0.15, 0.2) is 55.1 Å². The summed E-state index contributed by atoms with van der Waals surface area (Å²) in [6.45, 7) is 4.06. The third kappa shape index (κ3) is 1.95. The molecule has 16 heavy (non-hydrogen) atoms. The van der Waals surface area contributed by atoms with E-state index in [9.17, 15) is 0 Å². The lowest BCUT2D eigenvalue weighted by atomic mass is 9.98. The Balaban J connectivity index is 2.46. The van der Waals surface area contributed by atoms with E-state index < -0.39 is 0 Å². The molecule has 0 amide bonds. The quantitative estimate of drug-likeness (QED) is 0.775. The summed E-state index contributed by atoms with van der Waals surface area (Å²) in [5.74, 6) is 0. The van der Waals surface area contributed by atoms with E-state index in [1.807, 2.05) is 42.5 Å². The Bertz CT molecular complexity index is 518. The first-order valence-corrected chi connectivity index (χ1v) is 5.36. The Kier molecular flexibility index (Phi) is 2.97. The zero-order valence-electron chi connectivity index (χ0n) is 8.78. The maximum atomic E-state index is 5.98. The lowest BCUT2D eigenvalue weighted by Crippen LogP contribution is -1.95. The largest absolute Gasteiger partial charge is 0.397 e.